The third-order valence-corrected chi connectivity index (χ3v) is 4.37. The van der Waals surface area contributed by atoms with Crippen molar-refractivity contribution < 1.29 is 4.43 Å². The zero-order chi connectivity index (χ0) is 10.7. The Kier molecular flexibility index (Phi) is 4.45. The minimum Gasteiger partial charge on any atom is -0.552 e. The van der Waals surface area contributed by atoms with Crippen LogP contribution in [0.15, 0.2) is 11.5 Å². The van der Waals surface area contributed by atoms with Crippen LogP contribution in [-0.2, 0) is 4.43 Å². The molecule has 0 aromatic heterocycles. The van der Waals surface area contributed by atoms with E-state index in [0.717, 1.165) is 6.42 Å². The van der Waals surface area contributed by atoms with Crippen molar-refractivity contribution in [2.75, 3.05) is 0 Å². The Morgan fingerprint density at radius 1 is 1.08 bits per heavy atom. The number of allylic oxidation sites excluding steroid dienone is 1. The van der Waals surface area contributed by atoms with E-state index in [4.69, 9.17) is 4.43 Å². The Hall–Kier alpha value is -0.0262. The number of rotatable bonds is 4. The van der Waals surface area contributed by atoms with E-state index in [1.165, 1.54) is 5.38 Å². The van der Waals surface area contributed by atoms with Crippen LogP contribution in [-0.4, -0.2) is 16.4 Å². The summed E-state index contributed by atoms with van der Waals surface area (Å²) < 4.78 is 6.10. The zero-order valence-corrected chi connectivity index (χ0v) is 12.2. The van der Waals surface area contributed by atoms with Crippen LogP contribution in [0.2, 0.25) is 39.3 Å². The molecule has 0 heterocycles. The monoisotopic (exact) mass is 216 g/mol. The Morgan fingerprint density at radius 3 is 1.77 bits per heavy atom. The second-order valence-corrected chi connectivity index (χ2v) is 14.9. The molecule has 0 radical (unpaired) electrons. The first-order valence-corrected chi connectivity index (χ1v) is 12.0. The standard InChI is InChI=1S/C10H24OSi2/c1-8-9-10(12(2,3)4)11-13(5,6)7/h9H,8H2,1-7H3/b10-9+. The molecule has 0 aliphatic carbocycles. The van der Waals surface area contributed by atoms with Crippen LogP contribution in [0.5, 0.6) is 0 Å². The molecule has 0 bridgehead atoms. The van der Waals surface area contributed by atoms with E-state index in [2.05, 4.69) is 52.3 Å². The third kappa shape index (κ3) is 6.10. The third-order valence-electron chi connectivity index (χ3n) is 1.54. The first-order chi connectivity index (χ1) is 5.67. The van der Waals surface area contributed by atoms with E-state index >= 15 is 0 Å². The maximum Gasteiger partial charge on any atom is 0.241 e. The lowest BCUT2D eigenvalue weighted by molar-refractivity contribution is 0.450. The van der Waals surface area contributed by atoms with Crippen LogP contribution in [0, 0.1) is 0 Å². The van der Waals surface area contributed by atoms with Crippen LogP contribution in [0.4, 0.5) is 0 Å². The van der Waals surface area contributed by atoms with Crippen LogP contribution in [0.3, 0.4) is 0 Å². The molecule has 13 heavy (non-hydrogen) atoms. The summed E-state index contributed by atoms with van der Waals surface area (Å²) >= 11 is 0. The molecule has 0 spiro atoms. The summed E-state index contributed by atoms with van der Waals surface area (Å²) in [5.74, 6) is 0. The fourth-order valence-electron chi connectivity index (χ4n) is 1.02. The Balaban J connectivity index is 4.57. The number of hydrogen-bond acceptors (Lipinski definition) is 1. The molecule has 0 amide bonds. The highest BCUT2D eigenvalue weighted by atomic mass is 28.4. The Bertz CT molecular complexity index is 184. The highest BCUT2D eigenvalue weighted by Crippen LogP contribution is 2.21. The topological polar surface area (TPSA) is 9.23 Å². The molecular formula is C10H24OSi2. The molecule has 0 fully saturated rings. The van der Waals surface area contributed by atoms with Gasteiger partial charge in [0.2, 0.25) is 8.32 Å². The van der Waals surface area contributed by atoms with E-state index in [9.17, 15) is 0 Å². The van der Waals surface area contributed by atoms with Gasteiger partial charge in [-0.25, -0.2) is 0 Å². The summed E-state index contributed by atoms with van der Waals surface area (Å²) in [6.07, 6.45) is 3.36. The largest absolute Gasteiger partial charge is 0.552 e. The van der Waals surface area contributed by atoms with Gasteiger partial charge in [-0.2, -0.15) is 0 Å². The maximum atomic E-state index is 6.10. The summed E-state index contributed by atoms with van der Waals surface area (Å²) in [5.41, 5.74) is 0. The van der Waals surface area contributed by atoms with Crippen molar-refractivity contribution in [3.05, 3.63) is 11.5 Å². The predicted molar refractivity (Wildman–Crippen MR) is 66.2 cm³/mol. The molecule has 0 N–H and O–H groups in total. The van der Waals surface area contributed by atoms with Gasteiger partial charge in [0.15, 0.2) is 0 Å². The highest BCUT2D eigenvalue weighted by Gasteiger charge is 2.26. The van der Waals surface area contributed by atoms with Crippen molar-refractivity contribution in [2.45, 2.75) is 52.6 Å². The smallest absolute Gasteiger partial charge is 0.241 e. The van der Waals surface area contributed by atoms with Gasteiger partial charge in [-0.1, -0.05) is 32.6 Å². The molecule has 0 aromatic carbocycles. The van der Waals surface area contributed by atoms with E-state index in [1.807, 2.05) is 0 Å². The molecule has 0 atom stereocenters. The van der Waals surface area contributed by atoms with Crippen LogP contribution in [0.1, 0.15) is 13.3 Å². The van der Waals surface area contributed by atoms with Crippen molar-refractivity contribution in [3.63, 3.8) is 0 Å². The molecule has 0 saturated heterocycles. The Labute approximate surface area is 85.3 Å². The zero-order valence-electron chi connectivity index (χ0n) is 10.2. The molecule has 0 aliphatic rings. The second-order valence-electron chi connectivity index (χ2n) is 5.44. The SMILES string of the molecule is CC/C=C(\O[Si](C)(C)C)[Si](C)(C)C. The summed E-state index contributed by atoms with van der Waals surface area (Å²) in [6.45, 7) is 15.9. The first kappa shape index (κ1) is 13.0. The van der Waals surface area contributed by atoms with Crippen LogP contribution >= 0.6 is 0 Å². The van der Waals surface area contributed by atoms with Gasteiger partial charge in [0.1, 0.15) is 8.07 Å². The van der Waals surface area contributed by atoms with Gasteiger partial charge in [-0.3, -0.25) is 0 Å². The average Bonchev–Trinajstić information content (AvgIpc) is 1.81. The lowest BCUT2D eigenvalue weighted by Crippen LogP contribution is -2.34. The second kappa shape index (κ2) is 4.46. The summed E-state index contributed by atoms with van der Waals surface area (Å²) in [5, 5.41) is 1.30. The van der Waals surface area contributed by atoms with Gasteiger partial charge in [0.25, 0.3) is 0 Å². The van der Waals surface area contributed by atoms with Gasteiger partial charge in [0, 0.05) is 0 Å². The minimum atomic E-state index is -1.40. The van der Waals surface area contributed by atoms with Gasteiger partial charge >= 0.3 is 0 Å². The first-order valence-electron chi connectivity index (χ1n) is 5.06. The lowest BCUT2D eigenvalue weighted by Gasteiger charge is -2.29. The quantitative estimate of drug-likeness (QED) is 0.510. The summed E-state index contributed by atoms with van der Waals surface area (Å²) in [7, 11) is -2.64. The van der Waals surface area contributed by atoms with Crippen LogP contribution < -0.4 is 0 Å². The van der Waals surface area contributed by atoms with Crippen molar-refractivity contribution >= 4 is 16.4 Å². The molecule has 0 aliphatic heterocycles. The molecule has 1 nitrogen and oxygen atoms in total. The predicted octanol–water partition coefficient (Wildman–Crippen LogP) is 4.01. The van der Waals surface area contributed by atoms with Crippen molar-refractivity contribution in [1.29, 1.82) is 0 Å². The van der Waals surface area contributed by atoms with Crippen LogP contribution in [0.25, 0.3) is 0 Å². The molecule has 0 saturated carbocycles. The molecule has 78 valence electrons. The van der Waals surface area contributed by atoms with Gasteiger partial charge in [0.05, 0.1) is 5.38 Å². The van der Waals surface area contributed by atoms with E-state index < -0.39 is 16.4 Å². The van der Waals surface area contributed by atoms with Gasteiger partial charge in [-0.15, -0.1) is 0 Å². The lowest BCUT2D eigenvalue weighted by atomic mass is 10.5. The van der Waals surface area contributed by atoms with Crippen molar-refractivity contribution in [2.24, 2.45) is 0 Å². The Morgan fingerprint density at radius 2 is 1.54 bits per heavy atom. The van der Waals surface area contributed by atoms with E-state index in [1.54, 1.807) is 0 Å². The molecule has 0 aromatic rings. The van der Waals surface area contributed by atoms with Gasteiger partial charge < -0.3 is 4.43 Å². The highest BCUT2D eigenvalue weighted by molar-refractivity contribution is 6.84. The summed E-state index contributed by atoms with van der Waals surface area (Å²) in [6, 6.07) is 0. The van der Waals surface area contributed by atoms with Gasteiger partial charge in [-0.05, 0) is 26.1 Å². The molecule has 0 rings (SSSR count). The fourth-order valence-corrected chi connectivity index (χ4v) is 4.72. The minimum absolute atomic E-state index is 1.09. The van der Waals surface area contributed by atoms with Crippen molar-refractivity contribution in [1.82, 2.24) is 0 Å². The van der Waals surface area contributed by atoms with E-state index in [-0.39, 0.29) is 0 Å². The average molecular weight is 216 g/mol. The molecular weight excluding hydrogens is 192 g/mol. The van der Waals surface area contributed by atoms with Crippen molar-refractivity contribution in [3.8, 4) is 0 Å². The fraction of sp³-hybridized carbons (Fsp3) is 0.800. The van der Waals surface area contributed by atoms with E-state index in [0.29, 0.717) is 0 Å². The molecule has 3 heteroatoms. The maximum absolute atomic E-state index is 6.10. The summed E-state index contributed by atoms with van der Waals surface area (Å²) in [4.78, 5) is 0. The number of hydrogen-bond donors (Lipinski definition) is 0. The molecule has 0 unspecified atom stereocenters. The normalized spacial score (nSPS) is 14.5.